The van der Waals surface area contributed by atoms with Crippen LogP contribution in [0, 0.1) is 20.2 Å². The van der Waals surface area contributed by atoms with E-state index in [1.807, 2.05) is 0 Å². The minimum absolute atomic E-state index is 0.00269. The van der Waals surface area contributed by atoms with E-state index in [2.05, 4.69) is 38.7 Å². The number of carbonyl (C=O) groups is 2. The number of nitrogens with zero attached hydrogens (tertiary/aromatic N) is 2. The maximum atomic E-state index is 12.0. The first-order valence-electron chi connectivity index (χ1n) is 8.35. The SMILES string of the molecule is C=C(CC(=O)Nc1cccc(Br)c1)NNC(=O)Cc1ccc([N+](=O)[O-])cc1[N+](=O)[O-]. The molecule has 0 unspecified atom stereocenters. The highest BCUT2D eigenvalue weighted by Gasteiger charge is 2.21. The number of nitro benzene ring substituents is 2. The summed E-state index contributed by atoms with van der Waals surface area (Å²) in [6.07, 6.45) is -0.538. The number of nitrogens with one attached hydrogen (secondary N) is 3. The second-order valence-electron chi connectivity index (χ2n) is 6.02. The number of hydrazine groups is 1. The highest BCUT2D eigenvalue weighted by molar-refractivity contribution is 9.10. The van der Waals surface area contributed by atoms with Gasteiger partial charge in [0, 0.05) is 27.5 Å². The summed E-state index contributed by atoms with van der Waals surface area (Å²) < 4.78 is 0.796. The summed E-state index contributed by atoms with van der Waals surface area (Å²) in [5.74, 6) is -1.02. The van der Waals surface area contributed by atoms with Crippen molar-refractivity contribution >= 4 is 44.8 Å². The number of hydrogen-bond acceptors (Lipinski definition) is 7. The predicted molar refractivity (Wildman–Crippen MR) is 111 cm³/mol. The first kappa shape index (κ1) is 22.5. The third-order valence-electron chi connectivity index (χ3n) is 3.69. The Morgan fingerprint density at radius 2 is 1.73 bits per heavy atom. The fourth-order valence-corrected chi connectivity index (χ4v) is 2.77. The number of benzene rings is 2. The molecule has 12 heteroatoms. The Hall–Kier alpha value is -3.80. The standard InChI is InChI=1S/C18H16BrN5O6/c1-11(7-17(25)20-14-4-2-3-13(19)9-14)21-22-18(26)8-12-5-6-15(23(27)28)10-16(12)24(29)30/h2-6,9-10,21H,1,7-8H2,(H,20,25)(H,22,26). The largest absolute Gasteiger partial charge is 0.326 e. The smallest absolute Gasteiger partial charge is 0.279 e. The van der Waals surface area contributed by atoms with Gasteiger partial charge in [-0.25, -0.2) is 0 Å². The molecular formula is C18H16BrN5O6. The van der Waals surface area contributed by atoms with Crippen LogP contribution in [0.1, 0.15) is 12.0 Å². The number of amides is 2. The van der Waals surface area contributed by atoms with Gasteiger partial charge in [-0.2, -0.15) is 0 Å². The number of halogens is 1. The van der Waals surface area contributed by atoms with Gasteiger partial charge in [-0.15, -0.1) is 0 Å². The van der Waals surface area contributed by atoms with Gasteiger partial charge in [-0.3, -0.25) is 35.2 Å². The molecule has 0 aliphatic heterocycles. The van der Waals surface area contributed by atoms with Crippen LogP contribution in [0.4, 0.5) is 17.1 Å². The van der Waals surface area contributed by atoms with Crippen molar-refractivity contribution in [2.45, 2.75) is 12.8 Å². The van der Waals surface area contributed by atoms with Crippen molar-refractivity contribution in [1.82, 2.24) is 10.9 Å². The summed E-state index contributed by atoms with van der Waals surface area (Å²) in [6, 6.07) is 10.0. The van der Waals surface area contributed by atoms with Crippen LogP contribution in [0.5, 0.6) is 0 Å². The van der Waals surface area contributed by atoms with Crippen LogP contribution >= 0.6 is 15.9 Å². The van der Waals surface area contributed by atoms with Crippen molar-refractivity contribution in [2.24, 2.45) is 0 Å². The lowest BCUT2D eigenvalue weighted by atomic mass is 10.1. The van der Waals surface area contributed by atoms with Crippen LogP contribution in [0.3, 0.4) is 0 Å². The topological polar surface area (TPSA) is 157 Å². The molecule has 0 radical (unpaired) electrons. The fraction of sp³-hybridized carbons (Fsp3) is 0.111. The molecule has 156 valence electrons. The summed E-state index contributed by atoms with van der Waals surface area (Å²) in [5.41, 5.74) is 4.53. The van der Waals surface area contributed by atoms with Crippen LogP contribution in [0.2, 0.25) is 0 Å². The Bertz CT molecular complexity index is 1030. The molecule has 2 rings (SSSR count). The summed E-state index contributed by atoms with van der Waals surface area (Å²) >= 11 is 3.29. The lowest BCUT2D eigenvalue weighted by molar-refractivity contribution is -0.394. The predicted octanol–water partition coefficient (Wildman–Crippen LogP) is 2.97. The molecule has 30 heavy (non-hydrogen) atoms. The van der Waals surface area contributed by atoms with E-state index < -0.39 is 33.5 Å². The molecule has 11 nitrogen and oxygen atoms in total. The first-order valence-corrected chi connectivity index (χ1v) is 9.14. The lowest BCUT2D eigenvalue weighted by Crippen LogP contribution is -2.38. The van der Waals surface area contributed by atoms with Crippen LogP contribution in [-0.4, -0.2) is 21.7 Å². The van der Waals surface area contributed by atoms with Crippen LogP contribution in [-0.2, 0) is 16.0 Å². The molecule has 2 aromatic carbocycles. The first-order chi connectivity index (χ1) is 14.2. The highest BCUT2D eigenvalue weighted by atomic mass is 79.9. The number of hydrogen-bond donors (Lipinski definition) is 3. The van der Waals surface area contributed by atoms with E-state index in [1.165, 1.54) is 0 Å². The van der Waals surface area contributed by atoms with Gasteiger partial charge in [0.05, 0.1) is 28.8 Å². The van der Waals surface area contributed by atoms with Crippen LogP contribution in [0.15, 0.2) is 59.2 Å². The van der Waals surface area contributed by atoms with Gasteiger partial charge in [0.15, 0.2) is 0 Å². The monoisotopic (exact) mass is 477 g/mol. The number of anilines is 1. The van der Waals surface area contributed by atoms with E-state index >= 15 is 0 Å². The van der Waals surface area contributed by atoms with Gasteiger partial charge in [0.2, 0.25) is 11.8 Å². The van der Waals surface area contributed by atoms with Gasteiger partial charge in [0.1, 0.15) is 0 Å². The van der Waals surface area contributed by atoms with E-state index in [9.17, 15) is 29.8 Å². The van der Waals surface area contributed by atoms with E-state index in [-0.39, 0.29) is 23.6 Å². The Morgan fingerprint density at radius 3 is 2.37 bits per heavy atom. The molecule has 3 N–H and O–H groups in total. The van der Waals surface area contributed by atoms with Crippen molar-refractivity contribution in [3.8, 4) is 0 Å². The van der Waals surface area contributed by atoms with Gasteiger partial charge < -0.3 is 10.7 Å². The molecule has 0 bridgehead atoms. The molecule has 2 amide bonds. The zero-order chi connectivity index (χ0) is 22.3. The molecule has 0 saturated carbocycles. The van der Waals surface area contributed by atoms with Crippen molar-refractivity contribution in [3.63, 3.8) is 0 Å². The van der Waals surface area contributed by atoms with Crippen LogP contribution in [0.25, 0.3) is 0 Å². The zero-order valence-electron chi connectivity index (χ0n) is 15.4. The molecule has 0 fully saturated rings. The average molecular weight is 478 g/mol. The number of carbonyl (C=O) groups excluding carboxylic acids is 2. The molecule has 0 saturated heterocycles. The van der Waals surface area contributed by atoms with Crippen molar-refractivity contribution in [1.29, 1.82) is 0 Å². The second-order valence-corrected chi connectivity index (χ2v) is 6.93. The molecule has 0 aliphatic rings. The summed E-state index contributed by atoms with van der Waals surface area (Å²) in [4.78, 5) is 44.4. The van der Waals surface area contributed by atoms with E-state index in [1.54, 1.807) is 24.3 Å². The molecule has 2 aromatic rings. The maximum Gasteiger partial charge on any atom is 0.279 e. The molecule has 0 aliphatic carbocycles. The van der Waals surface area contributed by atoms with Crippen molar-refractivity contribution in [3.05, 3.63) is 85.0 Å². The number of non-ortho nitro benzene ring substituents is 1. The average Bonchev–Trinajstić information content (AvgIpc) is 2.66. The van der Waals surface area contributed by atoms with Crippen LogP contribution < -0.4 is 16.2 Å². The Morgan fingerprint density at radius 1 is 1.00 bits per heavy atom. The zero-order valence-corrected chi connectivity index (χ0v) is 17.0. The third-order valence-corrected chi connectivity index (χ3v) is 4.18. The van der Waals surface area contributed by atoms with Crippen molar-refractivity contribution < 1.29 is 19.4 Å². The Balaban J connectivity index is 1.88. The molecule has 0 atom stereocenters. The maximum absolute atomic E-state index is 12.0. The molecule has 0 aromatic heterocycles. The normalized spacial score (nSPS) is 10.0. The quantitative estimate of drug-likeness (QED) is 0.369. The minimum Gasteiger partial charge on any atom is -0.326 e. The van der Waals surface area contributed by atoms with E-state index in [4.69, 9.17) is 0 Å². The molecule has 0 spiro atoms. The number of rotatable bonds is 9. The van der Waals surface area contributed by atoms with Gasteiger partial charge in [-0.05, 0) is 24.3 Å². The third kappa shape index (κ3) is 6.67. The van der Waals surface area contributed by atoms with Gasteiger partial charge in [-0.1, -0.05) is 28.6 Å². The number of nitro groups is 2. The summed E-state index contributed by atoms with van der Waals surface area (Å²) in [7, 11) is 0. The fourth-order valence-electron chi connectivity index (χ4n) is 2.37. The highest BCUT2D eigenvalue weighted by Crippen LogP contribution is 2.25. The van der Waals surface area contributed by atoms with Crippen molar-refractivity contribution in [2.75, 3.05) is 5.32 Å². The second kappa shape index (κ2) is 10.1. The minimum atomic E-state index is -0.797. The Labute approximate surface area is 178 Å². The lowest BCUT2D eigenvalue weighted by Gasteiger charge is -2.11. The molecule has 0 heterocycles. The van der Waals surface area contributed by atoms with E-state index in [0.29, 0.717) is 5.69 Å². The molecular weight excluding hydrogens is 462 g/mol. The summed E-state index contributed by atoms with van der Waals surface area (Å²) in [5, 5.41) is 24.5. The van der Waals surface area contributed by atoms with E-state index in [0.717, 1.165) is 22.7 Å². The van der Waals surface area contributed by atoms with Gasteiger partial charge >= 0.3 is 0 Å². The van der Waals surface area contributed by atoms with Gasteiger partial charge in [0.25, 0.3) is 11.4 Å². The summed E-state index contributed by atoms with van der Waals surface area (Å²) in [6.45, 7) is 3.63. The Kier molecular flexibility index (Phi) is 7.58.